The molecule has 5 heteroatoms. The number of nitrogens with zero attached hydrogens (tertiary/aromatic N) is 2. The van der Waals surface area contributed by atoms with Crippen LogP contribution in [-0.2, 0) is 0 Å². The lowest BCUT2D eigenvalue weighted by molar-refractivity contribution is 0.321. The zero-order valence-electron chi connectivity index (χ0n) is 5.33. The summed E-state index contributed by atoms with van der Waals surface area (Å²) in [6.07, 6.45) is 2.27. The van der Waals surface area contributed by atoms with Gasteiger partial charge in [-0.25, -0.2) is 9.37 Å². The van der Waals surface area contributed by atoms with Gasteiger partial charge < -0.3 is 5.21 Å². The Morgan fingerprint density at radius 2 is 2.45 bits per heavy atom. The zero-order chi connectivity index (χ0) is 8.27. The van der Waals surface area contributed by atoms with Crippen molar-refractivity contribution in [3.63, 3.8) is 0 Å². The summed E-state index contributed by atoms with van der Waals surface area (Å²) in [6, 6.07) is 1.35. The fourth-order valence-electron chi connectivity index (χ4n) is 0.594. The van der Waals surface area contributed by atoms with Crippen molar-refractivity contribution >= 4 is 17.8 Å². The van der Waals surface area contributed by atoms with Gasteiger partial charge in [-0.3, -0.25) is 0 Å². The topological polar surface area (TPSA) is 45.5 Å². The van der Waals surface area contributed by atoms with Gasteiger partial charge in [-0.15, -0.1) is 0 Å². The van der Waals surface area contributed by atoms with E-state index < -0.39 is 5.82 Å². The average Bonchev–Trinajstić information content (AvgIpc) is 1.99. The van der Waals surface area contributed by atoms with E-state index in [2.05, 4.69) is 10.1 Å². The minimum absolute atomic E-state index is 0.104. The first-order valence-electron chi connectivity index (χ1n) is 2.73. The Morgan fingerprint density at radius 1 is 1.73 bits per heavy atom. The van der Waals surface area contributed by atoms with E-state index in [4.69, 9.17) is 16.8 Å². The summed E-state index contributed by atoms with van der Waals surface area (Å²) >= 11 is 5.32. The Kier molecular flexibility index (Phi) is 2.38. The Morgan fingerprint density at radius 3 is 3.09 bits per heavy atom. The van der Waals surface area contributed by atoms with Crippen LogP contribution >= 0.6 is 11.6 Å². The van der Waals surface area contributed by atoms with E-state index in [1.165, 1.54) is 12.3 Å². The fraction of sp³-hybridized carbons (Fsp3) is 0. The molecule has 0 saturated carbocycles. The summed E-state index contributed by atoms with van der Waals surface area (Å²) in [5.41, 5.74) is 0.104. The van der Waals surface area contributed by atoms with E-state index in [1.807, 2.05) is 0 Å². The highest BCUT2D eigenvalue weighted by Crippen LogP contribution is 2.12. The highest BCUT2D eigenvalue weighted by molar-refractivity contribution is 6.29. The van der Waals surface area contributed by atoms with Gasteiger partial charge in [0.2, 0.25) is 0 Å². The largest absolute Gasteiger partial charge is 0.411 e. The Balaban J connectivity index is 3.16. The predicted molar refractivity (Wildman–Crippen MR) is 38.6 cm³/mol. The highest BCUT2D eigenvalue weighted by atomic mass is 35.5. The minimum atomic E-state index is -0.688. The van der Waals surface area contributed by atoms with Crippen molar-refractivity contribution in [2.45, 2.75) is 0 Å². The molecule has 0 bridgehead atoms. The van der Waals surface area contributed by atoms with Crippen molar-refractivity contribution in [3.05, 3.63) is 28.8 Å². The maximum atomic E-state index is 12.8. The molecule has 1 N–H and O–H groups in total. The Bertz CT molecular complexity index is 290. The third kappa shape index (κ3) is 1.65. The van der Waals surface area contributed by atoms with Crippen LogP contribution in [0.1, 0.15) is 5.56 Å². The van der Waals surface area contributed by atoms with Crippen LogP contribution in [0.25, 0.3) is 0 Å². The lowest BCUT2D eigenvalue weighted by atomic mass is 10.3. The molecule has 1 aromatic heterocycles. The first-order valence-corrected chi connectivity index (χ1v) is 3.11. The van der Waals surface area contributed by atoms with Crippen LogP contribution in [0.15, 0.2) is 17.4 Å². The molecule has 0 aliphatic heterocycles. The van der Waals surface area contributed by atoms with E-state index in [9.17, 15) is 4.39 Å². The molecule has 3 nitrogen and oxygen atoms in total. The molecule has 0 saturated heterocycles. The molecule has 0 aromatic carbocycles. The van der Waals surface area contributed by atoms with Crippen LogP contribution < -0.4 is 0 Å². The van der Waals surface area contributed by atoms with Gasteiger partial charge in [-0.2, -0.15) is 0 Å². The monoisotopic (exact) mass is 174 g/mol. The molecular weight excluding hydrogens is 171 g/mol. The first-order chi connectivity index (χ1) is 5.25. The molecule has 0 amide bonds. The Labute approximate surface area is 67.1 Å². The molecule has 0 fully saturated rings. The maximum Gasteiger partial charge on any atom is 0.169 e. The van der Waals surface area contributed by atoms with E-state index in [0.717, 1.165) is 6.21 Å². The summed E-state index contributed by atoms with van der Waals surface area (Å²) in [7, 11) is 0. The highest BCUT2D eigenvalue weighted by Gasteiger charge is 2.04. The lowest BCUT2D eigenvalue weighted by Gasteiger charge is -1.94. The molecular formula is C6H4ClFN2O. The number of pyridine rings is 1. The molecule has 11 heavy (non-hydrogen) atoms. The van der Waals surface area contributed by atoms with Gasteiger partial charge in [-0.1, -0.05) is 16.8 Å². The van der Waals surface area contributed by atoms with Gasteiger partial charge in [0.15, 0.2) is 11.0 Å². The van der Waals surface area contributed by atoms with Crippen LogP contribution in [0.4, 0.5) is 4.39 Å². The van der Waals surface area contributed by atoms with E-state index in [-0.39, 0.29) is 10.7 Å². The second-order valence-corrected chi connectivity index (χ2v) is 2.11. The van der Waals surface area contributed by atoms with Crippen LogP contribution in [0.5, 0.6) is 0 Å². The molecule has 1 aromatic rings. The first kappa shape index (κ1) is 7.94. The van der Waals surface area contributed by atoms with E-state index in [0.29, 0.717) is 0 Å². The van der Waals surface area contributed by atoms with Gasteiger partial charge >= 0.3 is 0 Å². The smallest absolute Gasteiger partial charge is 0.169 e. The summed E-state index contributed by atoms with van der Waals surface area (Å²) in [5, 5.41) is 10.5. The van der Waals surface area contributed by atoms with Crippen molar-refractivity contribution in [3.8, 4) is 0 Å². The number of hydrogen-bond acceptors (Lipinski definition) is 3. The number of halogens is 2. The maximum absolute atomic E-state index is 12.8. The predicted octanol–water partition coefficient (Wildman–Crippen LogP) is 1.68. The zero-order valence-corrected chi connectivity index (χ0v) is 6.09. The quantitative estimate of drug-likeness (QED) is 0.305. The summed E-state index contributed by atoms with van der Waals surface area (Å²) in [4.78, 5) is 3.47. The van der Waals surface area contributed by atoms with Crippen LogP contribution in [0, 0.1) is 5.82 Å². The second-order valence-electron chi connectivity index (χ2n) is 1.75. The standard InChI is InChI=1S/C6H4ClFN2O/c7-6-5(8)4(3-10-11)1-2-9-6/h1-3,11H. The molecule has 0 atom stereocenters. The van der Waals surface area contributed by atoms with Crippen molar-refractivity contribution in [2.24, 2.45) is 5.16 Å². The van der Waals surface area contributed by atoms with Crippen molar-refractivity contribution in [1.29, 1.82) is 0 Å². The molecule has 58 valence electrons. The Hall–Kier alpha value is -1.16. The number of oxime groups is 1. The van der Waals surface area contributed by atoms with Gasteiger partial charge in [0, 0.05) is 11.8 Å². The molecule has 0 spiro atoms. The molecule has 0 unspecified atom stereocenters. The summed E-state index contributed by atoms with van der Waals surface area (Å²) in [5.74, 6) is -0.688. The normalized spacial score (nSPS) is 10.7. The van der Waals surface area contributed by atoms with Crippen LogP contribution in [-0.4, -0.2) is 16.4 Å². The minimum Gasteiger partial charge on any atom is -0.411 e. The number of aromatic nitrogens is 1. The third-order valence-corrected chi connectivity index (χ3v) is 1.34. The van der Waals surface area contributed by atoms with Gasteiger partial charge in [-0.05, 0) is 6.07 Å². The summed E-state index contributed by atoms with van der Waals surface area (Å²) in [6.45, 7) is 0. The van der Waals surface area contributed by atoms with Crippen LogP contribution in [0.2, 0.25) is 5.15 Å². The molecule has 0 radical (unpaired) electrons. The number of hydrogen-bond donors (Lipinski definition) is 1. The lowest BCUT2D eigenvalue weighted by Crippen LogP contribution is -1.90. The fourth-order valence-corrected chi connectivity index (χ4v) is 0.759. The molecule has 0 aliphatic rings. The van der Waals surface area contributed by atoms with Gasteiger partial charge in [0.1, 0.15) is 0 Å². The van der Waals surface area contributed by atoms with E-state index in [1.54, 1.807) is 0 Å². The molecule has 0 aliphatic carbocycles. The van der Waals surface area contributed by atoms with Gasteiger partial charge in [0.25, 0.3) is 0 Å². The third-order valence-electron chi connectivity index (χ3n) is 1.07. The molecule has 1 heterocycles. The van der Waals surface area contributed by atoms with E-state index >= 15 is 0 Å². The SMILES string of the molecule is ON=Cc1ccnc(Cl)c1F. The second kappa shape index (κ2) is 3.30. The van der Waals surface area contributed by atoms with Crippen molar-refractivity contribution < 1.29 is 9.60 Å². The van der Waals surface area contributed by atoms with Gasteiger partial charge in [0.05, 0.1) is 6.21 Å². The summed E-state index contributed by atoms with van der Waals surface area (Å²) < 4.78 is 12.8. The van der Waals surface area contributed by atoms with Crippen molar-refractivity contribution in [2.75, 3.05) is 0 Å². The van der Waals surface area contributed by atoms with Crippen molar-refractivity contribution in [1.82, 2.24) is 4.98 Å². The van der Waals surface area contributed by atoms with Crippen LogP contribution in [0.3, 0.4) is 0 Å². The average molecular weight is 175 g/mol. The number of rotatable bonds is 1. The molecule has 1 rings (SSSR count).